The van der Waals surface area contributed by atoms with Crippen molar-refractivity contribution >= 4 is 29.8 Å². The zero-order valence-electron chi connectivity index (χ0n) is 17.4. The molecule has 1 atom stereocenters. The molecule has 0 aliphatic carbocycles. The molecule has 0 aromatic heterocycles. The molecule has 8 heteroatoms. The fourth-order valence-corrected chi connectivity index (χ4v) is 3.40. The van der Waals surface area contributed by atoms with Crippen LogP contribution in [0.4, 0.5) is 5.69 Å². The lowest BCUT2D eigenvalue weighted by Gasteiger charge is -2.29. The first-order chi connectivity index (χ1) is 13.7. The van der Waals surface area contributed by atoms with Crippen LogP contribution in [0, 0.1) is 6.92 Å². The second kappa shape index (κ2) is 9.65. The number of rotatable bonds is 9. The van der Waals surface area contributed by atoms with Crippen molar-refractivity contribution in [3.8, 4) is 0 Å². The van der Waals surface area contributed by atoms with Crippen LogP contribution >= 0.6 is 0 Å². The van der Waals surface area contributed by atoms with Gasteiger partial charge in [0.2, 0.25) is 18.2 Å². The Bertz CT molecular complexity index is 791. The van der Waals surface area contributed by atoms with Crippen LogP contribution in [-0.2, 0) is 19.1 Å². The number of anilines is 1. The van der Waals surface area contributed by atoms with Gasteiger partial charge in [0.1, 0.15) is 6.04 Å². The highest BCUT2D eigenvalue weighted by Crippen LogP contribution is 2.24. The van der Waals surface area contributed by atoms with Gasteiger partial charge in [-0.2, -0.15) is 0 Å². The molecule has 1 aromatic rings. The molecule has 4 amide bonds. The molecular formula is C21H29N3O5. The molecule has 158 valence electrons. The highest BCUT2D eigenvalue weighted by Gasteiger charge is 2.36. The van der Waals surface area contributed by atoms with Crippen LogP contribution in [0.3, 0.4) is 0 Å². The Kier molecular flexibility index (Phi) is 7.50. The Balaban J connectivity index is 2.21. The van der Waals surface area contributed by atoms with Gasteiger partial charge in [-0.15, -0.1) is 0 Å². The molecule has 1 aliphatic rings. The van der Waals surface area contributed by atoms with Gasteiger partial charge in [0.05, 0.1) is 11.2 Å². The number of aryl methyl sites for hydroxylation is 1. The maximum Gasteiger partial charge on any atom is 0.263 e. The number of nitrogens with zero attached hydrogens (tertiary/aromatic N) is 1. The number of piperidine rings is 1. The maximum atomic E-state index is 13.2. The summed E-state index contributed by atoms with van der Waals surface area (Å²) in [5, 5.41) is 5.43. The van der Waals surface area contributed by atoms with Gasteiger partial charge in [-0.25, -0.2) is 0 Å². The molecular weight excluding hydrogens is 374 g/mol. The predicted molar refractivity (Wildman–Crippen MR) is 108 cm³/mol. The van der Waals surface area contributed by atoms with E-state index in [2.05, 4.69) is 10.6 Å². The summed E-state index contributed by atoms with van der Waals surface area (Å²) in [4.78, 5) is 49.3. The van der Waals surface area contributed by atoms with Crippen LogP contribution in [0.1, 0.15) is 56.0 Å². The molecule has 2 rings (SSSR count). The maximum absolute atomic E-state index is 13.2. The standard InChI is InChI=1S/C21H29N3O5/c1-5-29-21(3,4)11-12-22-15-8-6-7-14(2)18(15)20(28)24(13-25)16-9-10-17(26)23-19(16)27/h6-8,13,16,22H,5,9-12H2,1-4H3,(H,23,26,27). The van der Waals surface area contributed by atoms with Crippen molar-refractivity contribution in [3.05, 3.63) is 29.3 Å². The molecule has 8 nitrogen and oxygen atoms in total. The fourth-order valence-electron chi connectivity index (χ4n) is 3.40. The molecule has 1 heterocycles. The highest BCUT2D eigenvalue weighted by molar-refractivity contribution is 6.09. The van der Waals surface area contributed by atoms with Crippen molar-refractivity contribution in [3.63, 3.8) is 0 Å². The number of carbonyl (C=O) groups excluding carboxylic acids is 4. The fraction of sp³-hybridized carbons (Fsp3) is 0.524. The predicted octanol–water partition coefficient (Wildman–Crippen LogP) is 2.02. The summed E-state index contributed by atoms with van der Waals surface area (Å²) in [5.41, 5.74) is 1.29. The average molecular weight is 403 g/mol. The largest absolute Gasteiger partial charge is 0.384 e. The van der Waals surface area contributed by atoms with Crippen LogP contribution in [-0.4, -0.2) is 53.8 Å². The van der Waals surface area contributed by atoms with E-state index < -0.39 is 23.8 Å². The Morgan fingerprint density at radius 2 is 2.10 bits per heavy atom. The van der Waals surface area contributed by atoms with Crippen molar-refractivity contribution < 1.29 is 23.9 Å². The molecule has 1 fully saturated rings. The summed E-state index contributed by atoms with van der Waals surface area (Å²) in [6.07, 6.45) is 1.27. The van der Waals surface area contributed by atoms with Crippen molar-refractivity contribution in [2.75, 3.05) is 18.5 Å². The molecule has 1 saturated heterocycles. The zero-order chi connectivity index (χ0) is 21.6. The first-order valence-corrected chi connectivity index (χ1v) is 9.79. The number of nitrogens with one attached hydrogen (secondary N) is 2. The second-order valence-corrected chi connectivity index (χ2v) is 7.65. The van der Waals surface area contributed by atoms with Gasteiger partial charge in [0, 0.05) is 25.3 Å². The van der Waals surface area contributed by atoms with E-state index in [9.17, 15) is 19.2 Å². The lowest BCUT2D eigenvalue weighted by Crippen LogP contribution is -2.54. The van der Waals surface area contributed by atoms with E-state index in [1.54, 1.807) is 19.1 Å². The van der Waals surface area contributed by atoms with E-state index in [0.29, 0.717) is 42.8 Å². The van der Waals surface area contributed by atoms with E-state index in [0.717, 1.165) is 4.90 Å². The van der Waals surface area contributed by atoms with Crippen LogP contribution in [0.15, 0.2) is 18.2 Å². The Morgan fingerprint density at radius 3 is 2.72 bits per heavy atom. The Hall–Kier alpha value is -2.74. The summed E-state index contributed by atoms with van der Waals surface area (Å²) in [5.74, 6) is -1.61. The number of amides is 4. The van der Waals surface area contributed by atoms with Gasteiger partial charge in [-0.1, -0.05) is 12.1 Å². The number of benzene rings is 1. The third kappa shape index (κ3) is 5.63. The number of hydrogen-bond donors (Lipinski definition) is 2. The van der Waals surface area contributed by atoms with Gasteiger partial charge >= 0.3 is 0 Å². The quantitative estimate of drug-likeness (QED) is 0.483. The van der Waals surface area contributed by atoms with Gasteiger partial charge in [-0.3, -0.25) is 29.4 Å². The van der Waals surface area contributed by atoms with Gasteiger partial charge in [0.15, 0.2) is 0 Å². The summed E-state index contributed by atoms with van der Waals surface area (Å²) in [6, 6.07) is 4.36. The minimum absolute atomic E-state index is 0.0828. The van der Waals surface area contributed by atoms with Gasteiger partial charge in [-0.05, 0) is 52.2 Å². The SMILES string of the molecule is CCOC(C)(C)CCNc1cccc(C)c1C(=O)N(C=O)C1CCC(=O)NC1=O. The molecule has 0 spiro atoms. The lowest BCUT2D eigenvalue weighted by molar-refractivity contribution is -0.139. The number of imide groups is 2. The summed E-state index contributed by atoms with van der Waals surface area (Å²) in [6.45, 7) is 8.89. The molecule has 29 heavy (non-hydrogen) atoms. The van der Waals surface area contributed by atoms with Crippen molar-refractivity contribution in [1.82, 2.24) is 10.2 Å². The summed E-state index contributed by atoms with van der Waals surface area (Å²) < 4.78 is 5.69. The molecule has 0 saturated carbocycles. The lowest BCUT2D eigenvalue weighted by atomic mass is 10.0. The van der Waals surface area contributed by atoms with Gasteiger partial charge in [0.25, 0.3) is 5.91 Å². The number of carbonyl (C=O) groups is 4. The molecule has 1 aromatic carbocycles. The first-order valence-electron chi connectivity index (χ1n) is 9.79. The highest BCUT2D eigenvalue weighted by atomic mass is 16.5. The van der Waals surface area contributed by atoms with Crippen molar-refractivity contribution in [1.29, 1.82) is 0 Å². The average Bonchev–Trinajstić information content (AvgIpc) is 2.63. The topological polar surface area (TPSA) is 105 Å². The molecule has 1 unspecified atom stereocenters. The van der Waals surface area contributed by atoms with Gasteiger partial charge < -0.3 is 10.1 Å². The first kappa shape index (κ1) is 22.5. The second-order valence-electron chi connectivity index (χ2n) is 7.65. The molecule has 1 aliphatic heterocycles. The number of ether oxygens (including phenoxy) is 1. The zero-order valence-corrected chi connectivity index (χ0v) is 17.4. The van der Waals surface area contributed by atoms with Crippen LogP contribution in [0.5, 0.6) is 0 Å². The van der Waals surface area contributed by atoms with Crippen LogP contribution in [0.2, 0.25) is 0 Å². The minimum atomic E-state index is -0.998. The molecule has 0 radical (unpaired) electrons. The third-order valence-electron chi connectivity index (χ3n) is 4.96. The summed E-state index contributed by atoms with van der Waals surface area (Å²) >= 11 is 0. The summed E-state index contributed by atoms with van der Waals surface area (Å²) in [7, 11) is 0. The van der Waals surface area contributed by atoms with Crippen LogP contribution in [0.25, 0.3) is 0 Å². The molecule has 2 N–H and O–H groups in total. The van der Waals surface area contributed by atoms with E-state index >= 15 is 0 Å². The molecule has 0 bridgehead atoms. The third-order valence-corrected chi connectivity index (χ3v) is 4.96. The Morgan fingerprint density at radius 1 is 1.38 bits per heavy atom. The van der Waals surface area contributed by atoms with E-state index in [4.69, 9.17) is 4.74 Å². The normalized spacial score (nSPS) is 16.9. The van der Waals surface area contributed by atoms with E-state index in [1.807, 2.05) is 26.8 Å². The number of hydrogen-bond acceptors (Lipinski definition) is 6. The van der Waals surface area contributed by atoms with E-state index in [1.165, 1.54) is 0 Å². The monoisotopic (exact) mass is 403 g/mol. The van der Waals surface area contributed by atoms with Crippen LogP contribution < -0.4 is 10.6 Å². The smallest absolute Gasteiger partial charge is 0.263 e. The minimum Gasteiger partial charge on any atom is -0.384 e. The van der Waals surface area contributed by atoms with Crippen molar-refractivity contribution in [2.45, 2.75) is 58.6 Å². The van der Waals surface area contributed by atoms with Crippen molar-refractivity contribution in [2.24, 2.45) is 0 Å². The van der Waals surface area contributed by atoms with E-state index in [-0.39, 0.29) is 18.4 Å². The Labute approximate surface area is 171 Å².